The van der Waals surface area contributed by atoms with Crippen molar-refractivity contribution in [2.45, 2.75) is 51.1 Å². The van der Waals surface area contributed by atoms with Gasteiger partial charge in [-0.1, -0.05) is 12.1 Å². The third-order valence-corrected chi connectivity index (χ3v) is 8.00. The number of carbonyl (C=O) groups excluding carboxylic acids is 1. The number of piperidine rings is 2. The minimum absolute atomic E-state index is 0.0985. The maximum Gasteiger partial charge on any atom is 0.395 e. The number of amides is 1. The third kappa shape index (κ3) is 5.69. The molecule has 1 aromatic heterocycles. The molecule has 1 saturated carbocycles. The van der Waals surface area contributed by atoms with Crippen LogP contribution in [0.1, 0.15) is 55.3 Å². The second-order valence-electron chi connectivity index (χ2n) is 10.6. The van der Waals surface area contributed by atoms with Crippen LogP contribution >= 0.6 is 0 Å². The Hall–Kier alpha value is -2.61. The van der Waals surface area contributed by atoms with Crippen LogP contribution in [0.2, 0.25) is 0 Å². The Bertz CT molecular complexity index is 1020. The summed E-state index contributed by atoms with van der Waals surface area (Å²) in [5.41, 5.74) is 1.20. The summed E-state index contributed by atoms with van der Waals surface area (Å²) in [4.78, 5) is 21.0. The lowest BCUT2D eigenvalue weighted by molar-refractivity contribution is -0.192. The first-order valence-electron chi connectivity index (χ1n) is 13.1. The maximum atomic E-state index is 13.2. The second kappa shape index (κ2) is 10.4. The van der Waals surface area contributed by atoms with Crippen molar-refractivity contribution in [2.75, 3.05) is 39.3 Å². The molecule has 3 aliphatic rings. The monoisotopic (exact) mass is 501 g/mol. The van der Waals surface area contributed by atoms with Crippen LogP contribution in [0.5, 0.6) is 5.88 Å². The van der Waals surface area contributed by atoms with Gasteiger partial charge >= 0.3 is 6.18 Å². The molecule has 1 aliphatic carbocycles. The highest BCUT2D eigenvalue weighted by Gasteiger charge is 2.63. The van der Waals surface area contributed by atoms with Crippen molar-refractivity contribution in [3.05, 3.63) is 48.2 Å². The summed E-state index contributed by atoms with van der Waals surface area (Å²) >= 11 is 0. The van der Waals surface area contributed by atoms with E-state index >= 15 is 0 Å². The fourth-order valence-corrected chi connectivity index (χ4v) is 5.35. The van der Waals surface area contributed by atoms with Crippen molar-refractivity contribution in [3.63, 3.8) is 0 Å². The normalized spacial score (nSPS) is 20.8. The molecular formula is C28H34F3N3O2. The van der Waals surface area contributed by atoms with Crippen molar-refractivity contribution >= 4 is 5.91 Å². The zero-order chi connectivity index (χ0) is 25.2. The van der Waals surface area contributed by atoms with E-state index in [1.165, 1.54) is 6.42 Å². The average Bonchev–Trinajstić information content (AvgIpc) is 3.70. The van der Waals surface area contributed by atoms with E-state index in [1.54, 1.807) is 6.20 Å². The first kappa shape index (κ1) is 25.1. The molecule has 0 unspecified atom stereocenters. The van der Waals surface area contributed by atoms with E-state index in [0.29, 0.717) is 37.1 Å². The van der Waals surface area contributed by atoms with Crippen molar-refractivity contribution in [1.82, 2.24) is 14.8 Å². The molecule has 0 bridgehead atoms. The summed E-state index contributed by atoms with van der Waals surface area (Å²) in [6.45, 7) is 3.72. The van der Waals surface area contributed by atoms with Crippen molar-refractivity contribution < 1.29 is 22.7 Å². The predicted molar refractivity (Wildman–Crippen MR) is 132 cm³/mol. The highest BCUT2D eigenvalue weighted by atomic mass is 19.4. The number of nitrogens with zero attached hydrogens (tertiary/aromatic N) is 3. The quantitative estimate of drug-likeness (QED) is 0.481. The number of benzene rings is 1. The number of rotatable bonds is 7. The van der Waals surface area contributed by atoms with Crippen LogP contribution in [-0.2, 0) is 0 Å². The molecule has 5 rings (SSSR count). The zero-order valence-corrected chi connectivity index (χ0v) is 20.6. The van der Waals surface area contributed by atoms with Crippen LogP contribution in [0.4, 0.5) is 13.2 Å². The molecule has 2 saturated heterocycles. The van der Waals surface area contributed by atoms with Crippen LogP contribution in [-0.4, -0.2) is 66.2 Å². The topological polar surface area (TPSA) is 45.7 Å². The molecule has 0 spiro atoms. The van der Waals surface area contributed by atoms with E-state index in [1.807, 2.05) is 46.2 Å². The van der Waals surface area contributed by atoms with Gasteiger partial charge in [0.1, 0.15) is 0 Å². The molecule has 0 radical (unpaired) electrons. The Morgan fingerprint density at radius 1 is 0.944 bits per heavy atom. The number of halogens is 3. The third-order valence-electron chi connectivity index (χ3n) is 8.00. The van der Waals surface area contributed by atoms with Crippen LogP contribution in [0.3, 0.4) is 0 Å². The molecular weight excluding hydrogens is 467 g/mol. The molecule has 3 fully saturated rings. The summed E-state index contributed by atoms with van der Waals surface area (Å²) in [5, 5.41) is 0. The van der Waals surface area contributed by atoms with Gasteiger partial charge < -0.3 is 14.5 Å². The molecule has 1 amide bonds. The SMILES string of the molecule is O=C(c1ccc(-c2ccc(OCC3CCN(CC4(C(F)(F)F)CC4)CC3)nc2)cc1)N1CCCCC1. The lowest BCUT2D eigenvalue weighted by Crippen LogP contribution is -2.43. The largest absolute Gasteiger partial charge is 0.477 e. The van der Waals surface area contributed by atoms with Crippen molar-refractivity contribution in [3.8, 4) is 17.0 Å². The molecule has 1 aromatic carbocycles. The van der Waals surface area contributed by atoms with Crippen LogP contribution in [0, 0.1) is 11.3 Å². The van der Waals surface area contributed by atoms with Gasteiger partial charge in [0.05, 0.1) is 12.0 Å². The van der Waals surface area contributed by atoms with E-state index in [9.17, 15) is 18.0 Å². The molecule has 2 aliphatic heterocycles. The van der Waals surface area contributed by atoms with Gasteiger partial charge in [-0.25, -0.2) is 4.98 Å². The molecule has 36 heavy (non-hydrogen) atoms. The standard InChI is InChI=1S/C28H34F3N3O2/c29-28(30,31)27(12-13-27)20-33-16-10-21(11-17-33)19-36-25-9-8-24(18-32-25)22-4-6-23(7-5-22)26(35)34-14-2-1-3-15-34/h4-9,18,21H,1-3,10-17,19-20H2. The highest BCUT2D eigenvalue weighted by molar-refractivity contribution is 5.94. The number of hydrogen-bond acceptors (Lipinski definition) is 4. The fourth-order valence-electron chi connectivity index (χ4n) is 5.35. The molecule has 8 heteroatoms. The Morgan fingerprint density at radius 2 is 1.61 bits per heavy atom. The Balaban J connectivity index is 1.08. The van der Waals surface area contributed by atoms with Gasteiger partial charge in [0.15, 0.2) is 0 Å². The van der Waals surface area contributed by atoms with E-state index in [-0.39, 0.29) is 25.3 Å². The average molecular weight is 502 g/mol. The molecule has 0 N–H and O–H groups in total. The molecule has 3 heterocycles. The zero-order valence-electron chi connectivity index (χ0n) is 20.6. The number of likely N-dealkylation sites (tertiary alicyclic amines) is 2. The Kier molecular flexibility index (Phi) is 7.24. The van der Waals surface area contributed by atoms with E-state index in [2.05, 4.69) is 4.98 Å². The Labute approximate surface area is 210 Å². The van der Waals surface area contributed by atoms with Gasteiger partial charge in [-0.15, -0.1) is 0 Å². The van der Waals surface area contributed by atoms with Crippen LogP contribution in [0.25, 0.3) is 11.1 Å². The summed E-state index contributed by atoms with van der Waals surface area (Å²) < 4.78 is 45.6. The summed E-state index contributed by atoms with van der Waals surface area (Å²) in [6, 6.07) is 11.5. The molecule has 2 aromatic rings. The maximum absolute atomic E-state index is 13.2. The van der Waals surface area contributed by atoms with E-state index < -0.39 is 11.6 Å². The minimum Gasteiger partial charge on any atom is -0.477 e. The van der Waals surface area contributed by atoms with Crippen LogP contribution < -0.4 is 4.74 Å². The lowest BCUT2D eigenvalue weighted by atomic mass is 9.96. The smallest absolute Gasteiger partial charge is 0.395 e. The highest BCUT2D eigenvalue weighted by Crippen LogP contribution is 2.58. The number of hydrogen-bond donors (Lipinski definition) is 0. The number of aromatic nitrogens is 1. The van der Waals surface area contributed by atoms with Gasteiger partial charge in [0, 0.05) is 43.0 Å². The van der Waals surface area contributed by atoms with E-state index in [0.717, 1.165) is 49.9 Å². The Morgan fingerprint density at radius 3 is 2.19 bits per heavy atom. The van der Waals surface area contributed by atoms with Gasteiger partial charge in [-0.2, -0.15) is 13.2 Å². The van der Waals surface area contributed by atoms with E-state index in [4.69, 9.17) is 4.74 Å². The molecule has 5 nitrogen and oxygen atoms in total. The summed E-state index contributed by atoms with van der Waals surface area (Å²) in [6.07, 6.45) is 3.24. The minimum atomic E-state index is -4.09. The van der Waals surface area contributed by atoms with Crippen LogP contribution in [0.15, 0.2) is 42.6 Å². The molecule has 0 atom stereocenters. The fraction of sp³-hybridized carbons (Fsp3) is 0.571. The number of pyridine rings is 1. The van der Waals surface area contributed by atoms with Crippen molar-refractivity contribution in [1.29, 1.82) is 0 Å². The van der Waals surface area contributed by atoms with Gasteiger partial charge in [-0.05, 0) is 87.7 Å². The number of carbonyl (C=O) groups is 1. The number of alkyl halides is 3. The summed E-state index contributed by atoms with van der Waals surface area (Å²) in [5.74, 6) is 0.974. The first-order valence-corrected chi connectivity index (χ1v) is 13.1. The summed E-state index contributed by atoms with van der Waals surface area (Å²) in [7, 11) is 0. The van der Waals surface area contributed by atoms with Gasteiger partial charge in [0.25, 0.3) is 5.91 Å². The van der Waals surface area contributed by atoms with Crippen molar-refractivity contribution in [2.24, 2.45) is 11.3 Å². The van der Waals surface area contributed by atoms with Gasteiger partial charge in [0.2, 0.25) is 5.88 Å². The predicted octanol–water partition coefficient (Wildman–Crippen LogP) is 5.81. The number of ether oxygens (including phenoxy) is 1. The second-order valence-corrected chi connectivity index (χ2v) is 10.6. The first-order chi connectivity index (χ1) is 17.3. The lowest BCUT2D eigenvalue weighted by Gasteiger charge is -2.34. The molecule has 194 valence electrons. The van der Waals surface area contributed by atoms with Gasteiger partial charge in [-0.3, -0.25) is 4.79 Å².